The SMILES string of the molecule is CCOC(=O)C1=C(NC(=O)CC(C)C)CCC1. The molecule has 1 amide bonds. The Kier molecular flexibility index (Phi) is 5.19. The van der Waals surface area contributed by atoms with Gasteiger partial charge in [0, 0.05) is 12.1 Å². The molecular weight excluding hydrogens is 218 g/mol. The molecule has 1 aliphatic carbocycles. The predicted molar refractivity (Wildman–Crippen MR) is 65.1 cm³/mol. The molecule has 4 nitrogen and oxygen atoms in total. The van der Waals surface area contributed by atoms with Crippen molar-refractivity contribution in [2.75, 3.05) is 6.61 Å². The number of esters is 1. The maximum Gasteiger partial charge on any atom is 0.335 e. The van der Waals surface area contributed by atoms with Crippen LogP contribution in [-0.4, -0.2) is 18.5 Å². The number of amides is 1. The molecule has 0 aromatic heterocycles. The van der Waals surface area contributed by atoms with E-state index in [-0.39, 0.29) is 11.9 Å². The molecule has 0 aliphatic heterocycles. The number of carbonyl (C=O) groups is 2. The largest absolute Gasteiger partial charge is 0.463 e. The molecule has 96 valence electrons. The summed E-state index contributed by atoms with van der Waals surface area (Å²) in [5.41, 5.74) is 1.40. The van der Waals surface area contributed by atoms with Gasteiger partial charge in [0.05, 0.1) is 12.2 Å². The maximum absolute atomic E-state index is 11.6. The van der Waals surface area contributed by atoms with Crippen LogP contribution in [0.15, 0.2) is 11.3 Å². The van der Waals surface area contributed by atoms with Gasteiger partial charge < -0.3 is 10.1 Å². The maximum atomic E-state index is 11.6. The van der Waals surface area contributed by atoms with Gasteiger partial charge in [-0.15, -0.1) is 0 Å². The van der Waals surface area contributed by atoms with Crippen molar-refractivity contribution >= 4 is 11.9 Å². The lowest BCUT2D eigenvalue weighted by Gasteiger charge is -2.10. The zero-order valence-electron chi connectivity index (χ0n) is 10.8. The normalized spacial score (nSPS) is 15.3. The molecule has 0 saturated carbocycles. The average Bonchev–Trinajstić information content (AvgIpc) is 2.64. The average molecular weight is 239 g/mol. The van der Waals surface area contributed by atoms with Crippen LogP contribution in [0.2, 0.25) is 0 Å². The number of hydrogen-bond donors (Lipinski definition) is 1. The Morgan fingerprint density at radius 3 is 2.65 bits per heavy atom. The van der Waals surface area contributed by atoms with E-state index in [9.17, 15) is 9.59 Å². The molecule has 0 unspecified atom stereocenters. The van der Waals surface area contributed by atoms with Gasteiger partial charge in [0.2, 0.25) is 5.91 Å². The smallest absolute Gasteiger partial charge is 0.335 e. The van der Waals surface area contributed by atoms with Crippen molar-refractivity contribution in [2.24, 2.45) is 5.92 Å². The predicted octanol–water partition coefficient (Wildman–Crippen LogP) is 2.15. The lowest BCUT2D eigenvalue weighted by molar-refractivity contribution is -0.138. The molecule has 1 aliphatic rings. The quantitative estimate of drug-likeness (QED) is 0.748. The Bertz CT molecular complexity index is 332. The van der Waals surface area contributed by atoms with Crippen LogP contribution in [0, 0.1) is 5.92 Å². The number of nitrogens with one attached hydrogen (secondary N) is 1. The Hall–Kier alpha value is -1.32. The third kappa shape index (κ3) is 4.21. The molecule has 0 spiro atoms. The van der Waals surface area contributed by atoms with E-state index in [1.165, 1.54) is 0 Å². The van der Waals surface area contributed by atoms with Crippen molar-refractivity contribution in [2.45, 2.75) is 46.5 Å². The summed E-state index contributed by atoms with van der Waals surface area (Å²) in [7, 11) is 0. The van der Waals surface area contributed by atoms with Crippen molar-refractivity contribution in [1.29, 1.82) is 0 Å². The van der Waals surface area contributed by atoms with Gasteiger partial charge in [-0.3, -0.25) is 4.79 Å². The van der Waals surface area contributed by atoms with E-state index < -0.39 is 0 Å². The Labute approximate surface area is 102 Å². The van der Waals surface area contributed by atoms with E-state index in [0.717, 1.165) is 18.5 Å². The zero-order valence-corrected chi connectivity index (χ0v) is 10.8. The second-order valence-corrected chi connectivity index (χ2v) is 4.68. The fourth-order valence-electron chi connectivity index (χ4n) is 1.92. The van der Waals surface area contributed by atoms with Crippen molar-refractivity contribution < 1.29 is 14.3 Å². The molecule has 0 fully saturated rings. The summed E-state index contributed by atoms with van der Waals surface area (Å²) < 4.78 is 4.97. The first-order chi connectivity index (χ1) is 8.04. The molecular formula is C13H21NO3. The highest BCUT2D eigenvalue weighted by Gasteiger charge is 2.23. The molecule has 0 bridgehead atoms. The second-order valence-electron chi connectivity index (χ2n) is 4.68. The van der Waals surface area contributed by atoms with E-state index >= 15 is 0 Å². The summed E-state index contributed by atoms with van der Waals surface area (Å²) in [5, 5.41) is 2.84. The number of rotatable bonds is 5. The highest BCUT2D eigenvalue weighted by atomic mass is 16.5. The summed E-state index contributed by atoms with van der Waals surface area (Å²) in [6, 6.07) is 0. The van der Waals surface area contributed by atoms with Gasteiger partial charge in [-0.25, -0.2) is 4.79 Å². The van der Waals surface area contributed by atoms with Gasteiger partial charge >= 0.3 is 5.97 Å². The van der Waals surface area contributed by atoms with Crippen LogP contribution in [-0.2, 0) is 14.3 Å². The van der Waals surface area contributed by atoms with Crippen LogP contribution in [0.4, 0.5) is 0 Å². The molecule has 0 atom stereocenters. The lowest BCUT2D eigenvalue weighted by atomic mass is 10.1. The Balaban J connectivity index is 2.63. The van der Waals surface area contributed by atoms with E-state index in [1.54, 1.807) is 6.92 Å². The standard InChI is InChI=1S/C13H21NO3/c1-4-17-13(16)10-6-5-7-11(10)14-12(15)8-9(2)3/h9H,4-8H2,1-3H3,(H,14,15). The van der Waals surface area contributed by atoms with Crippen LogP contribution >= 0.6 is 0 Å². The third-order valence-electron chi connectivity index (χ3n) is 2.62. The van der Waals surface area contributed by atoms with Gasteiger partial charge in [-0.05, 0) is 32.1 Å². The zero-order chi connectivity index (χ0) is 12.8. The minimum Gasteiger partial charge on any atom is -0.463 e. The summed E-state index contributed by atoms with van der Waals surface area (Å²) in [4.78, 5) is 23.3. The first-order valence-electron chi connectivity index (χ1n) is 6.23. The minimum atomic E-state index is -0.287. The fraction of sp³-hybridized carbons (Fsp3) is 0.692. The summed E-state index contributed by atoms with van der Waals surface area (Å²) in [5.74, 6) is 0.0200. The highest BCUT2D eigenvalue weighted by molar-refractivity contribution is 5.91. The summed E-state index contributed by atoms with van der Waals surface area (Å²) >= 11 is 0. The second kappa shape index (κ2) is 6.42. The van der Waals surface area contributed by atoms with E-state index in [4.69, 9.17) is 4.74 Å². The van der Waals surface area contributed by atoms with E-state index in [1.807, 2.05) is 13.8 Å². The first-order valence-corrected chi connectivity index (χ1v) is 6.23. The number of hydrogen-bond acceptors (Lipinski definition) is 3. The molecule has 17 heavy (non-hydrogen) atoms. The van der Waals surface area contributed by atoms with Crippen molar-refractivity contribution in [1.82, 2.24) is 5.32 Å². The number of ether oxygens (including phenoxy) is 1. The fourth-order valence-corrected chi connectivity index (χ4v) is 1.92. The van der Waals surface area contributed by atoms with Gasteiger partial charge in [-0.1, -0.05) is 13.8 Å². The number of allylic oxidation sites excluding steroid dienone is 1. The molecule has 1 N–H and O–H groups in total. The van der Waals surface area contributed by atoms with Gasteiger partial charge in [0.1, 0.15) is 0 Å². The van der Waals surface area contributed by atoms with Gasteiger partial charge in [0.15, 0.2) is 0 Å². The van der Waals surface area contributed by atoms with Crippen LogP contribution in [0.1, 0.15) is 46.5 Å². The van der Waals surface area contributed by atoms with Crippen molar-refractivity contribution in [3.63, 3.8) is 0 Å². The molecule has 0 saturated heterocycles. The Morgan fingerprint density at radius 1 is 1.35 bits per heavy atom. The topological polar surface area (TPSA) is 55.4 Å². The van der Waals surface area contributed by atoms with Crippen LogP contribution in [0.5, 0.6) is 0 Å². The molecule has 1 rings (SSSR count). The molecule has 4 heteroatoms. The number of carbonyl (C=O) groups excluding carboxylic acids is 2. The minimum absolute atomic E-state index is 0.0151. The lowest BCUT2D eigenvalue weighted by Crippen LogP contribution is -2.25. The summed E-state index contributed by atoms with van der Waals surface area (Å²) in [6.45, 7) is 6.14. The van der Waals surface area contributed by atoms with Crippen LogP contribution in [0.3, 0.4) is 0 Å². The molecule has 0 aromatic carbocycles. The van der Waals surface area contributed by atoms with Gasteiger partial charge in [-0.2, -0.15) is 0 Å². The monoisotopic (exact) mass is 239 g/mol. The Morgan fingerprint density at radius 2 is 2.06 bits per heavy atom. The third-order valence-corrected chi connectivity index (χ3v) is 2.62. The summed E-state index contributed by atoms with van der Waals surface area (Å²) in [6.07, 6.45) is 2.86. The van der Waals surface area contributed by atoms with Crippen molar-refractivity contribution in [3.8, 4) is 0 Å². The molecule has 0 aromatic rings. The molecule has 0 radical (unpaired) electrons. The van der Waals surface area contributed by atoms with E-state index in [0.29, 0.717) is 30.9 Å². The van der Waals surface area contributed by atoms with E-state index in [2.05, 4.69) is 5.32 Å². The van der Waals surface area contributed by atoms with Crippen molar-refractivity contribution in [3.05, 3.63) is 11.3 Å². The van der Waals surface area contributed by atoms with Crippen LogP contribution in [0.25, 0.3) is 0 Å². The first kappa shape index (κ1) is 13.7. The molecule has 0 heterocycles. The van der Waals surface area contributed by atoms with Crippen LogP contribution < -0.4 is 5.32 Å². The van der Waals surface area contributed by atoms with Gasteiger partial charge in [0.25, 0.3) is 0 Å². The highest BCUT2D eigenvalue weighted by Crippen LogP contribution is 2.25.